The summed E-state index contributed by atoms with van der Waals surface area (Å²) in [5.74, 6) is 2.55. The van der Waals surface area contributed by atoms with Crippen LogP contribution in [0.2, 0.25) is 0 Å². The summed E-state index contributed by atoms with van der Waals surface area (Å²) < 4.78 is 12.1. The quantitative estimate of drug-likeness (QED) is 0.172. The third kappa shape index (κ3) is 5.49. The highest BCUT2D eigenvalue weighted by Gasteiger charge is 2.36. The molecule has 1 saturated carbocycles. The van der Waals surface area contributed by atoms with Crippen LogP contribution in [0, 0.1) is 5.92 Å². The van der Waals surface area contributed by atoms with Crippen molar-refractivity contribution in [2.24, 2.45) is 5.92 Å². The van der Waals surface area contributed by atoms with Crippen LogP contribution >= 0.6 is 0 Å². The lowest BCUT2D eigenvalue weighted by molar-refractivity contribution is -0.162. The van der Waals surface area contributed by atoms with E-state index in [4.69, 9.17) is 19.4 Å². The Kier molecular flexibility index (Phi) is 7.20. The number of ether oxygens (including phenoxy) is 2. The molecule has 2 fully saturated rings. The molecule has 0 radical (unpaired) electrons. The van der Waals surface area contributed by atoms with Crippen LogP contribution in [-0.4, -0.2) is 38.1 Å². The molecular formula is C38H41N5O3. The van der Waals surface area contributed by atoms with E-state index in [9.17, 15) is 4.79 Å². The average molecular weight is 616 g/mol. The van der Waals surface area contributed by atoms with E-state index in [1.165, 1.54) is 12.0 Å². The molecule has 8 rings (SSSR count). The number of nitrogens with zero attached hydrogens (tertiary/aromatic N) is 2. The van der Waals surface area contributed by atoms with Crippen molar-refractivity contribution in [2.75, 3.05) is 6.54 Å². The summed E-state index contributed by atoms with van der Waals surface area (Å²) in [6.45, 7) is 7.33. The van der Waals surface area contributed by atoms with Crippen molar-refractivity contribution >= 4 is 17.0 Å². The van der Waals surface area contributed by atoms with Crippen LogP contribution in [-0.2, 0) is 16.1 Å². The van der Waals surface area contributed by atoms with Gasteiger partial charge in [0.25, 0.3) is 0 Å². The summed E-state index contributed by atoms with van der Waals surface area (Å²) in [6, 6.07) is 19.8. The van der Waals surface area contributed by atoms with Gasteiger partial charge in [0.15, 0.2) is 0 Å². The Labute approximate surface area is 269 Å². The predicted molar refractivity (Wildman–Crippen MR) is 179 cm³/mol. The minimum atomic E-state index is -0.496. The molecule has 8 nitrogen and oxygen atoms in total. The van der Waals surface area contributed by atoms with Crippen molar-refractivity contribution in [1.29, 1.82) is 0 Å². The Morgan fingerprint density at radius 2 is 1.67 bits per heavy atom. The molecule has 236 valence electrons. The molecule has 8 heteroatoms. The number of aromatic amines is 2. The van der Waals surface area contributed by atoms with Gasteiger partial charge in [-0.1, -0.05) is 43.2 Å². The molecule has 3 aromatic carbocycles. The summed E-state index contributed by atoms with van der Waals surface area (Å²) in [4.78, 5) is 29.8. The van der Waals surface area contributed by atoms with Gasteiger partial charge in [-0.25, -0.2) is 9.97 Å². The smallest absolute Gasteiger partial charge is 0.310 e. The molecule has 3 aliphatic rings. The van der Waals surface area contributed by atoms with Crippen LogP contribution in [0.5, 0.6) is 5.75 Å². The Bertz CT molecular complexity index is 1930. The van der Waals surface area contributed by atoms with Crippen molar-refractivity contribution in [3.05, 3.63) is 78.0 Å². The second-order valence-corrected chi connectivity index (χ2v) is 14.1. The number of carbonyl (C=O) groups excluding carboxylic acids is 1. The topological polar surface area (TPSA) is 105 Å². The van der Waals surface area contributed by atoms with Gasteiger partial charge in [0.2, 0.25) is 0 Å². The van der Waals surface area contributed by atoms with Gasteiger partial charge in [-0.05, 0) is 105 Å². The largest absolute Gasteiger partial charge is 0.488 e. The number of nitrogens with one attached hydrogen (secondary N) is 3. The lowest BCUT2D eigenvalue weighted by atomic mass is 9.78. The number of H-pyrrole nitrogens is 2. The lowest BCUT2D eigenvalue weighted by Crippen LogP contribution is -2.33. The highest BCUT2D eigenvalue weighted by atomic mass is 16.6. The standard InChI is InChI=1S/C38H41N5O3/c1-38(2,3)46-37(44)29-8-5-4-7-28(29)35-40-20-33(43-35)24-11-13-26-25(17-24)21-45-34-19-23(10-14-27(26)34)22-12-15-30-32(18-22)42-36(41-30)31-9-6-16-39-31/h10-15,17-20,28-29,31,39H,4-9,16,21H2,1-3H3,(H,40,43)(H,41,42). The number of aromatic nitrogens is 4. The summed E-state index contributed by atoms with van der Waals surface area (Å²) in [5.41, 5.74) is 9.26. The molecule has 4 heterocycles. The van der Waals surface area contributed by atoms with Crippen molar-refractivity contribution in [3.8, 4) is 39.3 Å². The maximum absolute atomic E-state index is 13.1. The van der Waals surface area contributed by atoms with E-state index in [1.807, 2.05) is 27.0 Å². The van der Waals surface area contributed by atoms with Gasteiger partial charge in [-0.3, -0.25) is 4.79 Å². The van der Waals surface area contributed by atoms with Crippen molar-refractivity contribution in [1.82, 2.24) is 25.3 Å². The van der Waals surface area contributed by atoms with Crippen LogP contribution in [0.4, 0.5) is 0 Å². The Hall–Kier alpha value is -4.43. The minimum absolute atomic E-state index is 0.0414. The average Bonchev–Trinajstić information content (AvgIpc) is 3.84. The van der Waals surface area contributed by atoms with Crippen LogP contribution in [0.15, 0.2) is 60.8 Å². The van der Waals surface area contributed by atoms with E-state index in [1.54, 1.807) is 0 Å². The molecule has 0 bridgehead atoms. The van der Waals surface area contributed by atoms with Crippen LogP contribution in [0.25, 0.3) is 44.5 Å². The number of imidazole rings is 2. The van der Waals surface area contributed by atoms with Crippen molar-refractivity contribution in [3.63, 3.8) is 0 Å². The molecule has 5 aromatic rings. The first-order chi connectivity index (χ1) is 22.3. The molecular weight excluding hydrogens is 574 g/mol. The summed E-state index contributed by atoms with van der Waals surface area (Å²) in [5, 5.41) is 3.53. The lowest BCUT2D eigenvalue weighted by Gasteiger charge is -2.31. The zero-order valence-electron chi connectivity index (χ0n) is 26.8. The Balaban J connectivity index is 1.02. The van der Waals surface area contributed by atoms with E-state index < -0.39 is 5.60 Å². The number of carbonyl (C=O) groups is 1. The molecule has 1 saturated heterocycles. The fourth-order valence-electron chi connectivity index (χ4n) is 7.42. The summed E-state index contributed by atoms with van der Waals surface area (Å²) >= 11 is 0. The van der Waals surface area contributed by atoms with Crippen LogP contribution in [0.3, 0.4) is 0 Å². The van der Waals surface area contributed by atoms with Crippen molar-refractivity contribution < 1.29 is 14.3 Å². The molecule has 2 aromatic heterocycles. The molecule has 0 spiro atoms. The van der Waals surface area contributed by atoms with E-state index in [0.29, 0.717) is 12.6 Å². The SMILES string of the molecule is CC(C)(C)OC(=O)C1CCCCC1c1ncc(-c2ccc3c(c2)COc2cc(-c4ccc5nc(C6CCCN6)[nH]c5c4)ccc2-3)[nH]1. The van der Waals surface area contributed by atoms with Crippen molar-refractivity contribution in [2.45, 2.75) is 83.5 Å². The number of rotatable bonds is 5. The Morgan fingerprint density at radius 1 is 0.870 bits per heavy atom. The maximum Gasteiger partial charge on any atom is 0.310 e. The first-order valence-corrected chi connectivity index (χ1v) is 16.7. The molecule has 46 heavy (non-hydrogen) atoms. The molecule has 0 amide bonds. The predicted octanol–water partition coefficient (Wildman–Crippen LogP) is 8.22. The number of hydrogen-bond donors (Lipinski definition) is 3. The monoisotopic (exact) mass is 615 g/mol. The number of hydrogen-bond acceptors (Lipinski definition) is 6. The second kappa shape index (κ2) is 11.4. The van der Waals surface area contributed by atoms with E-state index in [2.05, 4.69) is 69.9 Å². The van der Waals surface area contributed by atoms with E-state index in [-0.39, 0.29) is 17.8 Å². The summed E-state index contributed by atoms with van der Waals surface area (Å²) in [6.07, 6.45) is 8.11. The van der Waals surface area contributed by atoms with Gasteiger partial charge < -0.3 is 24.8 Å². The molecule has 2 aliphatic heterocycles. The molecule has 3 N–H and O–H groups in total. The normalized spacial score (nSPS) is 21.1. The second-order valence-electron chi connectivity index (χ2n) is 14.1. The highest BCUT2D eigenvalue weighted by Crippen LogP contribution is 2.42. The van der Waals surface area contributed by atoms with Gasteiger partial charge in [-0.2, -0.15) is 0 Å². The van der Waals surface area contributed by atoms with Gasteiger partial charge in [0.1, 0.15) is 29.6 Å². The van der Waals surface area contributed by atoms with Crippen LogP contribution in [0.1, 0.15) is 88.5 Å². The molecule has 3 unspecified atom stereocenters. The zero-order chi connectivity index (χ0) is 31.4. The van der Waals surface area contributed by atoms with Gasteiger partial charge >= 0.3 is 5.97 Å². The summed E-state index contributed by atoms with van der Waals surface area (Å²) in [7, 11) is 0. The fraction of sp³-hybridized carbons (Fsp3) is 0.395. The van der Waals surface area contributed by atoms with Gasteiger partial charge in [0.05, 0.1) is 34.9 Å². The Morgan fingerprint density at radius 3 is 2.52 bits per heavy atom. The zero-order valence-corrected chi connectivity index (χ0v) is 26.8. The molecule has 1 aliphatic carbocycles. The first kappa shape index (κ1) is 29.0. The van der Waals surface area contributed by atoms with E-state index in [0.717, 1.165) is 101 Å². The maximum atomic E-state index is 13.1. The highest BCUT2D eigenvalue weighted by molar-refractivity contribution is 5.85. The third-order valence-corrected chi connectivity index (χ3v) is 9.72. The number of fused-ring (bicyclic) bond motifs is 4. The number of esters is 1. The fourth-order valence-corrected chi connectivity index (χ4v) is 7.42. The minimum Gasteiger partial charge on any atom is -0.488 e. The molecule has 3 atom stereocenters. The number of benzene rings is 3. The third-order valence-electron chi connectivity index (χ3n) is 9.72. The first-order valence-electron chi connectivity index (χ1n) is 16.7. The van der Waals surface area contributed by atoms with Gasteiger partial charge in [0, 0.05) is 11.5 Å². The van der Waals surface area contributed by atoms with Gasteiger partial charge in [-0.15, -0.1) is 0 Å². The van der Waals surface area contributed by atoms with Crippen LogP contribution < -0.4 is 10.1 Å². The van der Waals surface area contributed by atoms with E-state index >= 15 is 0 Å².